The Labute approximate surface area is 196 Å². The molecule has 2 aromatic carbocycles. The van der Waals surface area contributed by atoms with E-state index in [1.54, 1.807) is 6.26 Å². The molecule has 0 bridgehead atoms. The largest absolute Gasteiger partial charge is 0.507 e. The van der Waals surface area contributed by atoms with E-state index in [-0.39, 0.29) is 35.9 Å². The van der Waals surface area contributed by atoms with Crippen LogP contribution in [0.5, 0.6) is 11.5 Å². The maximum Gasteiger partial charge on any atom is 0.229 e. The van der Waals surface area contributed by atoms with Gasteiger partial charge in [0.15, 0.2) is 5.78 Å². The number of aliphatic hydroxyl groups excluding tert-OH is 2. The molecule has 1 aliphatic rings. The second-order valence-corrected chi connectivity index (χ2v) is 8.16. The zero-order valence-corrected chi connectivity index (χ0v) is 18.9. The number of benzene rings is 2. The standard InChI is InChI=1S/C25H28O9/c1-30-13-20-22(28)23(29)24(31-2)25(34-20)33-19-5-3-4-16(26)21(19)17(27)8-6-14-7-9-18-15(12-14)10-11-32-18/h3-5,7,9-12,20,22-26,28-29H,6,8,13H2,1-2H3. The van der Waals surface area contributed by atoms with Gasteiger partial charge in [-0.15, -0.1) is 0 Å². The first-order valence-electron chi connectivity index (χ1n) is 10.9. The van der Waals surface area contributed by atoms with Crippen LogP contribution in [0.15, 0.2) is 53.1 Å². The Morgan fingerprint density at radius 3 is 2.68 bits per heavy atom. The number of phenolic OH excluding ortho intramolecular Hbond substituents is 1. The van der Waals surface area contributed by atoms with Crippen LogP contribution < -0.4 is 4.74 Å². The number of aliphatic hydroxyl groups is 2. The smallest absolute Gasteiger partial charge is 0.229 e. The number of phenols is 1. The average Bonchev–Trinajstić information content (AvgIpc) is 3.29. The third-order valence-corrected chi connectivity index (χ3v) is 5.93. The summed E-state index contributed by atoms with van der Waals surface area (Å²) >= 11 is 0. The molecule has 0 spiro atoms. The first-order valence-corrected chi connectivity index (χ1v) is 10.9. The number of rotatable bonds is 9. The van der Waals surface area contributed by atoms with E-state index in [1.165, 1.54) is 32.4 Å². The van der Waals surface area contributed by atoms with Crippen molar-refractivity contribution < 1.29 is 43.5 Å². The highest BCUT2D eigenvalue weighted by atomic mass is 16.7. The molecule has 1 fully saturated rings. The third-order valence-electron chi connectivity index (χ3n) is 5.93. The van der Waals surface area contributed by atoms with E-state index >= 15 is 0 Å². The molecule has 3 aromatic rings. The quantitative estimate of drug-likeness (QED) is 0.402. The Balaban J connectivity index is 1.52. The second-order valence-electron chi connectivity index (χ2n) is 8.16. The molecule has 4 rings (SSSR count). The lowest BCUT2D eigenvalue weighted by Crippen LogP contribution is -2.60. The van der Waals surface area contributed by atoms with E-state index in [0.717, 1.165) is 16.5 Å². The first kappa shape index (κ1) is 24.2. The van der Waals surface area contributed by atoms with Gasteiger partial charge in [0, 0.05) is 26.0 Å². The molecular weight excluding hydrogens is 444 g/mol. The molecule has 9 heteroatoms. The highest BCUT2D eigenvalue weighted by molar-refractivity contribution is 6.01. The molecular formula is C25H28O9. The Bertz CT molecular complexity index is 1120. The fraction of sp³-hybridized carbons (Fsp3) is 0.400. The highest BCUT2D eigenvalue weighted by Crippen LogP contribution is 2.33. The summed E-state index contributed by atoms with van der Waals surface area (Å²) in [6.45, 7) is 0.0152. The summed E-state index contributed by atoms with van der Waals surface area (Å²) < 4.78 is 27.4. The molecule has 0 radical (unpaired) electrons. The van der Waals surface area contributed by atoms with Crippen molar-refractivity contribution in [2.75, 3.05) is 20.8 Å². The number of Topliss-reactive ketones (excluding diaryl/α,β-unsaturated/α-hetero) is 1. The highest BCUT2D eigenvalue weighted by Gasteiger charge is 2.46. The third kappa shape index (κ3) is 4.94. The maximum atomic E-state index is 13.1. The van der Waals surface area contributed by atoms with E-state index in [9.17, 15) is 20.1 Å². The Hall–Kier alpha value is -2.95. The number of ether oxygens (including phenoxy) is 4. The van der Waals surface area contributed by atoms with Gasteiger partial charge in [-0.05, 0) is 42.3 Å². The fourth-order valence-corrected chi connectivity index (χ4v) is 4.13. The number of ketones is 1. The van der Waals surface area contributed by atoms with Crippen molar-refractivity contribution in [1.82, 2.24) is 0 Å². The number of hydrogen-bond donors (Lipinski definition) is 3. The molecule has 0 aliphatic carbocycles. The van der Waals surface area contributed by atoms with E-state index in [2.05, 4.69) is 0 Å². The molecule has 3 N–H and O–H groups in total. The summed E-state index contributed by atoms with van der Waals surface area (Å²) in [5, 5.41) is 32.2. The lowest BCUT2D eigenvalue weighted by molar-refractivity contribution is -0.284. The summed E-state index contributed by atoms with van der Waals surface area (Å²) in [6.07, 6.45) is -3.42. The normalized spacial score (nSPS) is 24.9. The van der Waals surface area contributed by atoms with Gasteiger partial charge in [0.25, 0.3) is 0 Å². The number of aromatic hydroxyl groups is 1. The van der Waals surface area contributed by atoms with E-state index in [0.29, 0.717) is 6.42 Å². The monoisotopic (exact) mass is 472 g/mol. The van der Waals surface area contributed by atoms with Gasteiger partial charge in [0.05, 0.1) is 12.9 Å². The molecule has 5 atom stereocenters. The zero-order valence-electron chi connectivity index (χ0n) is 18.9. The zero-order chi connectivity index (χ0) is 24.2. The van der Waals surface area contributed by atoms with Crippen LogP contribution in [-0.2, 0) is 20.6 Å². The minimum Gasteiger partial charge on any atom is -0.507 e. The number of methoxy groups -OCH3 is 2. The van der Waals surface area contributed by atoms with Crippen LogP contribution in [0.1, 0.15) is 22.3 Å². The van der Waals surface area contributed by atoms with Crippen molar-refractivity contribution in [3.05, 3.63) is 59.9 Å². The van der Waals surface area contributed by atoms with Gasteiger partial charge < -0.3 is 38.7 Å². The number of hydrogen-bond acceptors (Lipinski definition) is 9. The van der Waals surface area contributed by atoms with Crippen LogP contribution in [0.4, 0.5) is 0 Å². The van der Waals surface area contributed by atoms with Crippen LogP contribution in [0.2, 0.25) is 0 Å². The number of carbonyl (C=O) groups excluding carboxylic acids is 1. The molecule has 1 aliphatic heterocycles. The predicted octanol–water partition coefficient (Wildman–Crippen LogP) is 2.44. The maximum absolute atomic E-state index is 13.1. The molecule has 9 nitrogen and oxygen atoms in total. The van der Waals surface area contributed by atoms with Crippen molar-refractivity contribution in [2.45, 2.75) is 43.5 Å². The van der Waals surface area contributed by atoms with E-state index in [4.69, 9.17) is 23.4 Å². The minimum absolute atomic E-state index is 0.00856. The number of fused-ring (bicyclic) bond motifs is 1. The van der Waals surface area contributed by atoms with Crippen LogP contribution in [0.25, 0.3) is 11.0 Å². The van der Waals surface area contributed by atoms with E-state index < -0.39 is 30.7 Å². The van der Waals surface area contributed by atoms with Gasteiger partial charge in [-0.25, -0.2) is 0 Å². The van der Waals surface area contributed by atoms with Gasteiger partial charge >= 0.3 is 0 Å². The molecule has 1 saturated heterocycles. The van der Waals surface area contributed by atoms with Crippen molar-refractivity contribution in [2.24, 2.45) is 0 Å². The molecule has 2 heterocycles. The Kier molecular flexibility index (Phi) is 7.50. The predicted molar refractivity (Wildman–Crippen MR) is 121 cm³/mol. The summed E-state index contributed by atoms with van der Waals surface area (Å²) in [5.74, 6) is -0.465. The van der Waals surface area contributed by atoms with Gasteiger partial charge in [-0.2, -0.15) is 0 Å². The SMILES string of the molecule is COCC1OC(Oc2cccc(O)c2C(=O)CCc2ccc3occc3c2)C(OC)C(O)C1O. The summed E-state index contributed by atoms with van der Waals surface area (Å²) in [5.41, 5.74) is 1.73. The molecule has 0 saturated carbocycles. The molecule has 182 valence electrons. The summed E-state index contributed by atoms with van der Waals surface area (Å²) in [7, 11) is 2.79. The van der Waals surface area contributed by atoms with Crippen LogP contribution in [0.3, 0.4) is 0 Å². The van der Waals surface area contributed by atoms with Gasteiger partial charge in [0.2, 0.25) is 6.29 Å². The molecule has 5 unspecified atom stereocenters. The molecule has 34 heavy (non-hydrogen) atoms. The average molecular weight is 472 g/mol. The van der Waals surface area contributed by atoms with Crippen molar-refractivity contribution in [3.8, 4) is 11.5 Å². The van der Waals surface area contributed by atoms with Crippen molar-refractivity contribution >= 4 is 16.8 Å². The van der Waals surface area contributed by atoms with Crippen molar-refractivity contribution in [1.29, 1.82) is 0 Å². The Morgan fingerprint density at radius 2 is 1.91 bits per heavy atom. The Morgan fingerprint density at radius 1 is 1.09 bits per heavy atom. The number of furan rings is 1. The lowest BCUT2D eigenvalue weighted by atomic mass is 9.98. The molecule has 1 aromatic heterocycles. The van der Waals surface area contributed by atoms with Crippen LogP contribution >= 0.6 is 0 Å². The lowest BCUT2D eigenvalue weighted by Gasteiger charge is -2.41. The number of aryl methyl sites for hydroxylation is 1. The molecule has 0 amide bonds. The van der Waals surface area contributed by atoms with E-state index in [1.807, 2.05) is 24.3 Å². The van der Waals surface area contributed by atoms with Gasteiger partial charge in [-0.1, -0.05) is 12.1 Å². The van der Waals surface area contributed by atoms with Crippen molar-refractivity contribution in [3.63, 3.8) is 0 Å². The second kappa shape index (κ2) is 10.5. The summed E-state index contributed by atoms with van der Waals surface area (Å²) in [4.78, 5) is 13.1. The first-order chi connectivity index (χ1) is 16.4. The van der Waals surface area contributed by atoms with Gasteiger partial charge in [0.1, 0.15) is 47.1 Å². The van der Waals surface area contributed by atoms with Crippen LogP contribution in [-0.4, -0.2) is 72.6 Å². The minimum atomic E-state index is -1.31. The summed E-state index contributed by atoms with van der Waals surface area (Å²) in [6, 6.07) is 12.0. The topological polar surface area (TPSA) is 128 Å². The number of carbonyl (C=O) groups is 1. The van der Waals surface area contributed by atoms with Gasteiger partial charge in [-0.3, -0.25) is 4.79 Å². The van der Waals surface area contributed by atoms with Crippen LogP contribution in [0, 0.1) is 0 Å². The fourth-order valence-electron chi connectivity index (χ4n) is 4.13.